The molecule has 18 heavy (non-hydrogen) atoms. The van der Waals surface area contributed by atoms with E-state index in [0.29, 0.717) is 5.82 Å². The fourth-order valence-corrected chi connectivity index (χ4v) is 2.62. The second-order valence-corrected chi connectivity index (χ2v) is 5.20. The van der Waals surface area contributed by atoms with Crippen LogP contribution >= 0.6 is 0 Å². The second-order valence-electron chi connectivity index (χ2n) is 5.20. The predicted molar refractivity (Wildman–Crippen MR) is 74.4 cm³/mol. The van der Waals surface area contributed by atoms with Crippen LogP contribution in [0, 0.1) is 5.92 Å². The first-order chi connectivity index (χ1) is 8.86. The molecule has 1 aromatic heterocycles. The zero-order valence-corrected chi connectivity index (χ0v) is 11.1. The number of nitrogens with zero attached hydrogens (tertiary/aromatic N) is 1. The van der Waals surface area contributed by atoms with Gasteiger partial charge in [-0.2, -0.15) is 0 Å². The number of nitrogens with two attached hydrogens (primary N) is 1. The van der Waals surface area contributed by atoms with E-state index < -0.39 is 0 Å². The minimum atomic E-state index is 0.696. The van der Waals surface area contributed by atoms with Crippen LogP contribution in [0.5, 0.6) is 0 Å². The van der Waals surface area contributed by atoms with Crippen molar-refractivity contribution in [3.8, 4) is 0 Å². The summed E-state index contributed by atoms with van der Waals surface area (Å²) < 4.78 is 5.38. The van der Waals surface area contributed by atoms with Gasteiger partial charge in [-0.1, -0.05) is 25.3 Å². The molecule has 1 aliphatic rings. The lowest BCUT2D eigenvalue weighted by molar-refractivity contribution is 0.0631. The number of hydrogen-bond donors (Lipinski definition) is 1. The Morgan fingerprint density at radius 2 is 2.06 bits per heavy atom. The quantitative estimate of drug-likeness (QED) is 0.786. The van der Waals surface area contributed by atoms with Crippen molar-refractivity contribution < 1.29 is 4.74 Å². The summed E-state index contributed by atoms with van der Waals surface area (Å²) >= 11 is 0. The Morgan fingerprint density at radius 3 is 2.83 bits per heavy atom. The van der Waals surface area contributed by atoms with Crippen molar-refractivity contribution in [2.45, 2.75) is 44.9 Å². The Labute approximate surface area is 110 Å². The van der Waals surface area contributed by atoms with E-state index in [1.165, 1.54) is 44.1 Å². The lowest BCUT2D eigenvalue weighted by atomic mass is 9.93. The molecule has 3 heteroatoms. The van der Waals surface area contributed by atoms with Gasteiger partial charge in [0.1, 0.15) is 5.82 Å². The van der Waals surface area contributed by atoms with Crippen molar-refractivity contribution in [2.75, 3.05) is 18.9 Å². The molecule has 3 nitrogen and oxygen atoms in total. The highest BCUT2D eigenvalue weighted by Crippen LogP contribution is 2.21. The number of ether oxygens (including phenoxy) is 1. The monoisotopic (exact) mass is 248 g/mol. The molecule has 1 aliphatic heterocycles. The number of rotatable bonds is 6. The summed E-state index contributed by atoms with van der Waals surface area (Å²) in [6, 6.07) is 4.05. The molecule has 0 atom stereocenters. The van der Waals surface area contributed by atoms with Crippen LogP contribution in [0.4, 0.5) is 5.82 Å². The summed E-state index contributed by atoms with van der Waals surface area (Å²) in [7, 11) is 0. The van der Waals surface area contributed by atoms with Crippen LogP contribution in [0.15, 0.2) is 18.3 Å². The number of pyridine rings is 1. The van der Waals surface area contributed by atoms with Crippen LogP contribution in [0.25, 0.3) is 0 Å². The molecular weight excluding hydrogens is 224 g/mol. The molecule has 2 heterocycles. The summed E-state index contributed by atoms with van der Waals surface area (Å²) in [5, 5.41) is 0. The molecule has 0 bridgehead atoms. The highest BCUT2D eigenvalue weighted by molar-refractivity contribution is 5.38. The molecule has 100 valence electrons. The van der Waals surface area contributed by atoms with Crippen molar-refractivity contribution in [3.63, 3.8) is 0 Å². The van der Waals surface area contributed by atoms with E-state index in [-0.39, 0.29) is 0 Å². The van der Waals surface area contributed by atoms with Crippen LogP contribution in [0.1, 0.15) is 44.1 Å². The fourth-order valence-electron chi connectivity index (χ4n) is 2.62. The Morgan fingerprint density at radius 1 is 1.22 bits per heavy atom. The molecule has 1 fully saturated rings. The number of anilines is 1. The van der Waals surface area contributed by atoms with E-state index in [1.54, 1.807) is 6.20 Å². The van der Waals surface area contributed by atoms with E-state index in [1.807, 2.05) is 6.07 Å². The van der Waals surface area contributed by atoms with E-state index in [9.17, 15) is 0 Å². The molecule has 0 aromatic carbocycles. The highest BCUT2D eigenvalue weighted by Gasteiger charge is 2.12. The predicted octanol–water partition coefficient (Wildman–Crippen LogP) is 3.19. The minimum Gasteiger partial charge on any atom is -0.383 e. The third-order valence-electron chi connectivity index (χ3n) is 3.83. The van der Waals surface area contributed by atoms with E-state index in [0.717, 1.165) is 25.6 Å². The van der Waals surface area contributed by atoms with Gasteiger partial charge in [0, 0.05) is 19.4 Å². The molecule has 2 rings (SSSR count). The minimum absolute atomic E-state index is 0.696. The normalized spacial score (nSPS) is 16.9. The maximum Gasteiger partial charge on any atom is 0.126 e. The number of aryl methyl sites for hydroxylation is 1. The maximum absolute atomic E-state index is 5.83. The molecule has 0 aliphatic carbocycles. The van der Waals surface area contributed by atoms with E-state index in [2.05, 4.69) is 11.1 Å². The summed E-state index contributed by atoms with van der Waals surface area (Å²) in [5.74, 6) is 1.60. The van der Waals surface area contributed by atoms with Gasteiger partial charge in [-0.05, 0) is 43.2 Å². The van der Waals surface area contributed by atoms with Gasteiger partial charge in [0.15, 0.2) is 0 Å². The Bertz CT molecular complexity index is 348. The first kappa shape index (κ1) is 13.3. The Balaban J connectivity index is 1.57. The Hall–Kier alpha value is -1.09. The average Bonchev–Trinajstić information content (AvgIpc) is 2.42. The van der Waals surface area contributed by atoms with Gasteiger partial charge in [-0.15, -0.1) is 0 Å². The third-order valence-corrected chi connectivity index (χ3v) is 3.83. The van der Waals surface area contributed by atoms with Gasteiger partial charge in [-0.25, -0.2) is 4.98 Å². The zero-order valence-electron chi connectivity index (χ0n) is 11.1. The largest absolute Gasteiger partial charge is 0.383 e. The van der Waals surface area contributed by atoms with Crippen molar-refractivity contribution in [2.24, 2.45) is 5.92 Å². The van der Waals surface area contributed by atoms with Crippen LogP contribution in [-0.2, 0) is 11.2 Å². The van der Waals surface area contributed by atoms with Crippen molar-refractivity contribution in [1.82, 2.24) is 4.98 Å². The SMILES string of the molecule is Nc1ncccc1CCCCCC1CCOCC1. The molecular formula is C15H24N2O. The summed E-state index contributed by atoms with van der Waals surface area (Å²) in [5.41, 5.74) is 7.02. The topological polar surface area (TPSA) is 48.1 Å². The lowest BCUT2D eigenvalue weighted by Crippen LogP contribution is -2.15. The van der Waals surface area contributed by atoms with Crippen molar-refractivity contribution in [1.29, 1.82) is 0 Å². The summed E-state index contributed by atoms with van der Waals surface area (Å²) in [4.78, 5) is 4.12. The van der Waals surface area contributed by atoms with Crippen LogP contribution in [0.3, 0.4) is 0 Å². The van der Waals surface area contributed by atoms with Crippen LogP contribution in [0.2, 0.25) is 0 Å². The van der Waals surface area contributed by atoms with Gasteiger partial charge in [0.25, 0.3) is 0 Å². The van der Waals surface area contributed by atoms with E-state index in [4.69, 9.17) is 10.5 Å². The van der Waals surface area contributed by atoms with Gasteiger partial charge in [0.2, 0.25) is 0 Å². The maximum atomic E-state index is 5.83. The second kappa shape index (κ2) is 7.37. The average molecular weight is 248 g/mol. The summed E-state index contributed by atoms with van der Waals surface area (Å²) in [6.07, 6.45) is 10.6. The molecule has 0 unspecified atom stereocenters. The highest BCUT2D eigenvalue weighted by atomic mass is 16.5. The first-order valence-electron chi connectivity index (χ1n) is 7.13. The molecule has 0 radical (unpaired) electrons. The standard InChI is InChI=1S/C15H24N2O/c16-15-14(7-4-10-17-15)6-3-1-2-5-13-8-11-18-12-9-13/h4,7,10,13H,1-3,5-6,8-9,11-12H2,(H2,16,17). The first-order valence-corrected chi connectivity index (χ1v) is 7.13. The van der Waals surface area contributed by atoms with Crippen molar-refractivity contribution >= 4 is 5.82 Å². The molecule has 0 spiro atoms. The van der Waals surface area contributed by atoms with E-state index >= 15 is 0 Å². The molecule has 2 N–H and O–H groups in total. The smallest absolute Gasteiger partial charge is 0.126 e. The number of nitrogen functional groups attached to an aromatic ring is 1. The molecule has 0 saturated carbocycles. The van der Waals surface area contributed by atoms with Crippen LogP contribution in [-0.4, -0.2) is 18.2 Å². The summed E-state index contributed by atoms with van der Waals surface area (Å²) in [6.45, 7) is 1.94. The third kappa shape index (κ3) is 4.30. The molecule has 1 aromatic rings. The Kier molecular flexibility index (Phi) is 5.46. The molecule has 1 saturated heterocycles. The van der Waals surface area contributed by atoms with Crippen molar-refractivity contribution in [3.05, 3.63) is 23.9 Å². The van der Waals surface area contributed by atoms with Crippen LogP contribution < -0.4 is 5.73 Å². The van der Waals surface area contributed by atoms with Gasteiger partial charge in [0.05, 0.1) is 0 Å². The number of hydrogen-bond acceptors (Lipinski definition) is 3. The lowest BCUT2D eigenvalue weighted by Gasteiger charge is -2.21. The van der Waals surface area contributed by atoms with Gasteiger partial charge < -0.3 is 10.5 Å². The fraction of sp³-hybridized carbons (Fsp3) is 0.667. The van der Waals surface area contributed by atoms with Gasteiger partial charge >= 0.3 is 0 Å². The zero-order chi connectivity index (χ0) is 12.6. The molecule has 0 amide bonds. The van der Waals surface area contributed by atoms with Gasteiger partial charge in [-0.3, -0.25) is 0 Å². The number of aromatic nitrogens is 1. The number of unbranched alkanes of at least 4 members (excludes halogenated alkanes) is 2.